The van der Waals surface area contributed by atoms with Crippen LogP contribution in [0.1, 0.15) is 38.7 Å². The number of rotatable bonds is 5. The van der Waals surface area contributed by atoms with Crippen molar-refractivity contribution in [2.45, 2.75) is 63.9 Å². The molecule has 1 aromatic rings. The molecule has 0 aromatic heterocycles. The van der Waals surface area contributed by atoms with Crippen molar-refractivity contribution in [2.75, 3.05) is 0 Å². The van der Waals surface area contributed by atoms with E-state index in [0.717, 1.165) is 19.3 Å². The maximum absolute atomic E-state index is 12.1. The lowest BCUT2D eigenvalue weighted by Crippen LogP contribution is -2.40. The van der Waals surface area contributed by atoms with Crippen molar-refractivity contribution < 1.29 is 14.3 Å². The van der Waals surface area contributed by atoms with Crippen LogP contribution in [-0.2, 0) is 20.7 Å². The molecule has 1 aliphatic rings. The van der Waals surface area contributed by atoms with Crippen LogP contribution in [0.3, 0.4) is 0 Å². The Labute approximate surface area is 126 Å². The van der Waals surface area contributed by atoms with E-state index in [2.05, 4.69) is 0 Å². The Morgan fingerprint density at radius 2 is 1.90 bits per heavy atom. The van der Waals surface area contributed by atoms with E-state index in [-0.39, 0.29) is 24.3 Å². The lowest BCUT2D eigenvalue weighted by atomic mass is 10.0. The number of benzene rings is 1. The zero-order chi connectivity index (χ0) is 15.2. The van der Waals surface area contributed by atoms with Gasteiger partial charge < -0.3 is 15.2 Å². The molecule has 3 unspecified atom stereocenters. The van der Waals surface area contributed by atoms with Crippen LogP contribution in [0.5, 0.6) is 0 Å². The molecule has 0 bridgehead atoms. The van der Waals surface area contributed by atoms with Gasteiger partial charge in [0.05, 0.1) is 12.2 Å². The van der Waals surface area contributed by atoms with Gasteiger partial charge in [0.25, 0.3) is 0 Å². The van der Waals surface area contributed by atoms with E-state index in [0.29, 0.717) is 6.42 Å². The molecule has 2 N–H and O–H groups in total. The van der Waals surface area contributed by atoms with E-state index in [1.165, 1.54) is 5.56 Å². The average molecular weight is 291 g/mol. The van der Waals surface area contributed by atoms with Crippen LogP contribution in [0.25, 0.3) is 0 Å². The van der Waals surface area contributed by atoms with Gasteiger partial charge in [-0.15, -0.1) is 0 Å². The Kier molecular flexibility index (Phi) is 5.76. The highest BCUT2D eigenvalue weighted by Gasteiger charge is 2.28. The average Bonchev–Trinajstić information content (AvgIpc) is 2.44. The monoisotopic (exact) mass is 291 g/mol. The Morgan fingerprint density at radius 1 is 1.29 bits per heavy atom. The topological polar surface area (TPSA) is 61.5 Å². The number of aryl methyl sites for hydroxylation is 1. The van der Waals surface area contributed by atoms with E-state index in [1.807, 2.05) is 44.2 Å². The molecule has 1 fully saturated rings. The van der Waals surface area contributed by atoms with Crippen LogP contribution in [0.15, 0.2) is 30.3 Å². The van der Waals surface area contributed by atoms with Gasteiger partial charge in [-0.05, 0) is 32.3 Å². The highest BCUT2D eigenvalue weighted by atomic mass is 16.6. The predicted octanol–water partition coefficient (Wildman–Crippen LogP) is 2.45. The third-order valence-electron chi connectivity index (χ3n) is 3.83. The number of nitrogens with two attached hydrogens (primary N) is 1. The molecule has 3 atom stereocenters. The molecule has 1 aliphatic heterocycles. The third-order valence-corrected chi connectivity index (χ3v) is 3.83. The molecule has 0 amide bonds. The van der Waals surface area contributed by atoms with Gasteiger partial charge in [-0.1, -0.05) is 30.3 Å². The molecule has 0 aliphatic carbocycles. The zero-order valence-electron chi connectivity index (χ0n) is 12.8. The summed E-state index contributed by atoms with van der Waals surface area (Å²) in [7, 11) is 0. The number of hydrogen-bond donors (Lipinski definition) is 1. The summed E-state index contributed by atoms with van der Waals surface area (Å²) in [6, 6.07) is 9.48. The molecule has 1 saturated heterocycles. The first-order valence-corrected chi connectivity index (χ1v) is 7.70. The minimum Gasteiger partial charge on any atom is -0.461 e. The lowest BCUT2D eigenvalue weighted by molar-refractivity contribution is -0.161. The van der Waals surface area contributed by atoms with Gasteiger partial charge in [0.15, 0.2) is 0 Å². The summed E-state index contributed by atoms with van der Waals surface area (Å²) < 4.78 is 11.2. The predicted molar refractivity (Wildman–Crippen MR) is 81.9 cm³/mol. The fourth-order valence-corrected chi connectivity index (χ4v) is 2.78. The van der Waals surface area contributed by atoms with Gasteiger partial charge in [0.1, 0.15) is 12.1 Å². The van der Waals surface area contributed by atoms with Crippen molar-refractivity contribution >= 4 is 5.97 Å². The van der Waals surface area contributed by atoms with Gasteiger partial charge in [0, 0.05) is 12.8 Å². The molecule has 1 aromatic carbocycles. The van der Waals surface area contributed by atoms with Crippen LogP contribution in [0, 0.1) is 0 Å². The Balaban J connectivity index is 1.77. The second kappa shape index (κ2) is 7.57. The van der Waals surface area contributed by atoms with E-state index in [4.69, 9.17) is 15.2 Å². The third kappa shape index (κ3) is 5.14. The van der Waals surface area contributed by atoms with Crippen molar-refractivity contribution in [3.05, 3.63) is 35.9 Å². The number of carbonyl (C=O) groups excluding carboxylic acids is 1. The quantitative estimate of drug-likeness (QED) is 0.846. The first-order chi connectivity index (χ1) is 10.0. The maximum atomic E-state index is 12.1. The molecule has 0 spiro atoms. The van der Waals surface area contributed by atoms with Gasteiger partial charge in [-0.25, -0.2) is 0 Å². The van der Waals surface area contributed by atoms with Crippen LogP contribution in [0.2, 0.25) is 0 Å². The highest BCUT2D eigenvalue weighted by Crippen LogP contribution is 2.22. The summed E-state index contributed by atoms with van der Waals surface area (Å²) in [6.07, 6.45) is 3.09. The Morgan fingerprint density at radius 3 is 2.52 bits per heavy atom. The first-order valence-electron chi connectivity index (χ1n) is 7.70. The molecule has 0 saturated carbocycles. The summed E-state index contributed by atoms with van der Waals surface area (Å²) in [4.78, 5) is 12.1. The van der Waals surface area contributed by atoms with Gasteiger partial charge >= 0.3 is 5.97 Å². The Hall–Kier alpha value is -1.39. The summed E-state index contributed by atoms with van der Waals surface area (Å²) >= 11 is 0. The van der Waals surface area contributed by atoms with Gasteiger partial charge in [0.2, 0.25) is 0 Å². The molecule has 2 rings (SSSR count). The summed E-state index contributed by atoms with van der Waals surface area (Å²) in [6.45, 7) is 4.01. The molecular formula is C17H25NO3. The fraction of sp³-hybridized carbons (Fsp3) is 0.588. The number of carbonyl (C=O) groups is 1. The standard InChI is InChI=1S/C17H25NO3/c1-12-10-15(11-13(2)20-12)21-17(19)16(18)9-8-14-6-4-3-5-7-14/h3-7,12-13,15-16H,8-11,18H2,1-2H3. The fourth-order valence-electron chi connectivity index (χ4n) is 2.78. The van der Waals surface area contributed by atoms with Crippen molar-refractivity contribution in [2.24, 2.45) is 5.73 Å². The smallest absolute Gasteiger partial charge is 0.323 e. The normalized spacial score (nSPS) is 27.1. The van der Waals surface area contributed by atoms with E-state index in [9.17, 15) is 4.79 Å². The lowest BCUT2D eigenvalue weighted by Gasteiger charge is -2.32. The number of esters is 1. The maximum Gasteiger partial charge on any atom is 0.323 e. The minimum absolute atomic E-state index is 0.0703. The van der Waals surface area contributed by atoms with Crippen LogP contribution in [0.4, 0.5) is 0 Å². The van der Waals surface area contributed by atoms with Crippen molar-refractivity contribution in [3.63, 3.8) is 0 Å². The molecular weight excluding hydrogens is 266 g/mol. The largest absolute Gasteiger partial charge is 0.461 e. The first kappa shape index (κ1) is 16.0. The second-order valence-electron chi connectivity index (χ2n) is 5.92. The van der Waals surface area contributed by atoms with Crippen molar-refractivity contribution in [3.8, 4) is 0 Å². The summed E-state index contributed by atoms with van der Waals surface area (Å²) in [5.74, 6) is -0.294. The summed E-state index contributed by atoms with van der Waals surface area (Å²) in [5, 5.41) is 0. The van der Waals surface area contributed by atoms with E-state index < -0.39 is 6.04 Å². The van der Waals surface area contributed by atoms with Crippen LogP contribution >= 0.6 is 0 Å². The zero-order valence-corrected chi connectivity index (χ0v) is 12.8. The highest BCUT2D eigenvalue weighted by molar-refractivity contribution is 5.75. The van der Waals surface area contributed by atoms with Crippen LogP contribution < -0.4 is 5.73 Å². The molecule has 116 valence electrons. The Bertz CT molecular complexity index is 439. The van der Waals surface area contributed by atoms with Crippen molar-refractivity contribution in [1.29, 1.82) is 0 Å². The van der Waals surface area contributed by atoms with Crippen molar-refractivity contribution in [1.82, 2.24) is 0 Å². The second-order valence-corrected chi connectivity index (χ2v) is 5.92. The van der Waals surface area contributed by atoms with E-state index >= 15 is 0 Å². The molecule has 4 nitrogen and oxygen atoms in total. The number of hydrogen-bond acceptors (Lipinski definition) is 4. The molecule has 21 heavy (non-hydrogen) atoms. The SMILES string of the molecule is CC1CC(OC(=O)C(N)CCc2ccccc2)CC(C)O1. The van der Waals surface area contributed by atoms with Gasteiger partial charge in [-0.3, -0.25) is 4.79 Å². The summed E-state index contributed by atoms with van der Waals surface area (Å²) in [5.41, 5.74) is 7.13. The van der Waals surface area contributed by atoms with Crippen LogP contribution in [-0.4, -0.2) is 30.3 Å². The molecule has 1 heterocycles. The number of ether oxygens (including phenoxy) is 2. The molecule has 0 radical (unpaired) electrons. The minimum atomic E-state index is -0.557. The molecule has 4 heteroatoms. The van der Waals surface area contributed by atoms with Gasteiger partial charge in [-0.2, -0.15) is 0 Å². The van der Waals surface area contributed by atoms with E-state index in [1.54, 1.807) is 0 Å².